The third-order valence-corrected chi connectivity index (χ3v) is 2.59. The molecule has 0 fully saturated rings. The monoisotopic (exact) mass is 386 g/mol. The lowest BCUT2D eigenvalue weighted by Crippen LogP contribution is -2.04. The van der Waals surface area contributed by atoms with Crippen molar-refractivity contribution in [2.75, 3.05) is 19.8 Å². The van der Waals surface area contributed by atoms with Crippen LogP contribution in [0.3, 0.4) is 0 Å². The summed E-state index contributed by atoms with van der Waals surface area (Å²) in [5, 5.41) is 8.10. The first kappa shape index (κ1) is 29.4. The second kappa shape index (κ2) is 23.6. The molecule has 0 aromatic rings. The van der Waals surface area contributed by atoms with E-state index in [0.717, 1.165) is 31.1 Å². The van der Waals surface area contributed by atoms with Gasteiger partial charge in [-0.25, -0.2) is 9.59 Å². The van der Waals surface area contributed by atoms with Crippen LogP contribution in [0.15, 0.2) is 38.2 Å². The molecule has 27 heavy (non-hydrogen) atoms. The summed E-state index contributed by atoms with van der Waals surface area (Å²) in [4.78, 5) is 30.5. The minimum atomic E-state index is -0.501. The standard InChI is InChI=1S/C11H20O2.C5H8O3.C4H6O2/c1-4-11(12)13-9-7-5-6-8-10(2)3;1-2-5(7)8-4-3-6;1-3-6-4(2)5/h4,10H,1,5-9H2,2-3H3;2,6H,1,3-4H2;3H,1H2,2H3. The van der Waals surface area contributed by atoms with E-state index in [1.807, 2.05) is 0 Å². The molecule has 0 saturated carbocycles. The molecule has 0 aliphatic rings. The molecule has 7 heteroatoms. The second-order valence-corrected chi connectivity index (χ2v) is 5.49. The highest BCUT2D eigenvalue weighted by Crippen LogP contribution is 2.07. The van der Waals surface area contributed by atoms with Crippen LogP contribution in [0.4, 0.5) is 0 Å². The summed E-state index contributed by atoms with van der Waals surface area (Å²) in [7, 11) is 0. The van der Waals surface area contributed by atoms with Crippen LogP contribution in [-0.4, -0.2) is 42.8 Å². The van der Waals surface area contributed by atoms with Crippen LogP contribution in [0.2, 0.25) is 0 Å². The first-order valence-electron chi connectivity index (χ1n) is 8.72. The Hall–Kier alpha value is -2.41. The van der Waals surface area contributed by atoms with Gasteiger partial charge in [0.2, 0.25) is 0 Å². The van der Waals surface area contributed by atoms with E-state index in [4.69, 9.17) is 9.84 Å². The van der Waals surface area contributed by atoms with Gasteiger partial charge in [0.05, 0.1) is 19.5 Å². The van der Waals surface area contributed by atoms with Gasteiger partial charge in [-0.3, -0.25) is 4.79 Å². The Labute approximate surface area is 162 Å². The lowest BCUT2D eigenvalue weighted by molar-refractivity contribution is -0.139. The zero-order valence-electron chi connectivity index (χ0n) is 16.8. The fraction of sp³-hybridized carbons (Fsp3) is 0.550. The molecule has 0 unspecified atom stereocenters. The molecule has 156 valence electrons. The van der Waals surface area contributed by atoms with Crippen molar-refractivity contribution in [2.24, 2.45) is 5.92 Å². The molecule has 0 heterocycles. The summed E-state index contributed by atoms with van der Waals surface area (Å²) in [6.45, 7) is 15.8. The van der Waals surface area contributed by atoms with Crippen molar-refractivity contribution in [2.45, 2.75) is 46.5 Å². The Balaban J connectivity index is -0.000000351. The third-order valence-electron chi connectivity index (χ3n) is 2.59. The summed E-state index contributed by atoms with van der Waals surface area (Å²) in [5.74, 6) is -0.372. The summed E-state index contributed by atoms with van der Waals surface area (Å²) in [5.41, 5.74) is 0. The normalized spacial score (nSPS) is 8.78. The van der Waals surface area contributed by atoms with Crippen molar-refractivity contribution in [3.8, 4) is 0 Å². The van der Waals surface area contributed by atoms with Crippen LogP contribution in [0.1, 0.15) is 46.5 Å². The van der Waals surface area contributed by atoms with Crippen molar-refractivity contribution < 1.29 is 33.7 Å². The van der Waals surface area contributed by atoms with Gasteiger partial charge in [-0.05, 0) is 12.3 Å². The molecule has 0 aliphatic heterocycles. The molecule has 0 aromatic heterocycles. The Morgan fingerprint density at radius 1 is 0.926 bits per heavy atom. The first-order chi connectivity index (χ1) is 12.7. The zero-order valence-corrected chi connectivity index (χ0v) is 16.8. The predicted octanol–water partition coefficient (Wildman–Crippen LogP) is 3.33. The zero-order chi connectivity index (χ0) is 21.5. The van der Waals surface area contributed by atoms with E-state index in [9.17, 15) is 14.4 Å². The molecule has 0 aliphatic carbocycles. The van der Waals surface area contributed by atoms with Gasteiger partial charge in [0, 0.05) is 19.1 Å². The first-order valence-corrected chi connectivity index (χ1v) is 8.72. The van der Waals surface area contributed by atoms with Gasteiger partial charge in [-0.1, -0.05) is 52.8 Å². The average Bonchev–Trinajstić information content (AvgIpc) is 2.62. The molecule has 0 rings (SSSR count). The SMILES string of the molecule is C=CC(=O)OCCCCCC(C)C.C=CC(=O)OCCO.C=COC(C)=O. The maximum Gasteiger partial charge on any atom is 0.330 e. The van der Waals surface area contributed by atoms with Crippen LogP contribution in [0.25, 0.3) is 0 Å². The molecule has 0 atom stereocenters. The van der Waals surface area contributed by atoms with Gasteiger partial charge in [0.25, 0.3) is 0 Å². The van der Waals surface area contributed by atoms with Gasteiger partial charge in [0.1, 0.15) is 6.61 Å². The van der Waals surface area contributed by atoms with E-state index in [0.29, 0.717) is 6.61 Å². The largest absolute Gasteiger partial charge is 0.463 e. The van der Waals surface area contributed by atoms with E-state index in [1.165, 1.54) is 25.8 Å². The molecule has 0 aromatic carbocycles. The number of esters is 3. The summed E-state index contributed by atoms with van der Waals surface area (Å²) >= 11 is 0. The number of aliphatic hydroxyl groups is 1. The Kier molecular flexibility index (Phi) is 25.6. The van der Waals surface area contributed by atoms with Crippen molar-refractivity contribution in [1.29, 1.82) is 0 Å². The number of hydrogen-bond donors (Lipinski definition) is 1. The lowest BCUT2D eigenvalue weighted by atomic mass is 10.1. The number of hydrogen-bond acceptors (Lipinski definition) is 7. The van der Waals surface area contributed by atoms with Crippen LogP contribution in [-0.2, 0) is 28.6 Å². The lowest BCUT2D eigenvalue weighted by Gasteiger charge is -2.04. The van der Waals surface area contributed by atoms with Crippen molar-refractivity contribution in [3.63, 3.8) is 0 Å². The molecule has 0 amide bonds. The number of carbonyl (C=O) groups excluding carboxylic acids is 3. The van der Waals surface area contributed by atoms with Crippen LogP contribution in [0.5, 0.6) is 0 Å². The Morgan fingerprint density at radius 3 is 1.78 bits per heavy atom. The van der Waals surface area contributed by atoms with E-state index < -0.39 is 5.97 Å². The number of rotatable bonds is 11. The highest BCUT2D eigenvalue weighted by atomic mass is 16.5. The van der Waals surface area contributed by atoms with Crippen molar-refractivity contribution >= 4 is 17.9 Å². The minimum absolute atomic E-state index is 0.0465. The number of unbranched alkanes of at least 4 members (excludes halogenated alkanes) is 2. The number of aliphatic hydroxyl groups excluding tert-OH is 1. The van der Waals surface area contributed by atoms with E-state index in [1.54, 1.807) is 0 Å². The highest BCUT2D eigenvalue weighted by Gasteiger charge is 1.96. The van der Waals surface area contributed by atoms with Crippen LogP contribution in [0, 0.1) is 5.92 Å². The predicted molar refractivity (Wildman–Crippen MR) is 105 cm³/mol. The quantitative estimate of drug-likeness (QED) is 0.191. The second-order valence-electron chi connectivity index (χ2n) is 5.49. The molecule has 0 bridgehead atoms. The highest BCUT2D eigenvalue weighted by molar-refractivity contribution is 5.81. The fourth-order valence-corrected chi connectivity index (χ4v) is 1.39. The van der Waals surface area contributed by atoms with Crippen molar-refractivity contribution in [1.82, 2.24) is 0 Å². The summed E-state index contributed by atoms with van der Waals surface area (Å²) in [6, 6.07) is 0. The molecular weight excluding hydrogens is 352 g/mol. The topological polar surface area (TPSA) is 99.1 Å². The average molecular weight is 386 g/mol. The molecule has 7 nitrogen and oxygen atoms in total. The number of carbonyl (C=O) groups is 3. The maximum atomic E-state index is 10.6. The van der Waals surface area contributed by atoms with E-state index >= 15 is 0 Å². The van der Waals surface area contributed by atoms with Gasteiger partial charge < -0.3 is 19.3 Å². The van der Waals surface area contributed by atoms with Gasteiger partial charge >= 0.3 is 17.9 Å². The third kappa shape index (κ3) is 35.5. The Morgan fingerprint density at radius 2 is 1.44 bits per heavy atom. The van der Waals surface area contributed by atoms with Gasteiger partial charge in [-0.2, -0.15) is 0 Å². The Bertz CT molecular complexity index is 428. The molecule has 0 spiro atoms. The van der Waals surface area contributed by atoms with E-state index in [-0.39, 0.29) is 25.2 Å². The smallest absolute Gasteiger partial charge is 0.330 e. The summed E-state index contributed by atoms with van der Waals surface area (Å²) < 4.78 is 13.3. The van der Waals surface area contributed by atoms with Gasteiger partial charge in [-0.15, -0.1) is 0 Å². The van der Waals surface area contributed by atoms with Crippen molar-refractivity contribution in [3.05, 3.63) is 38.2 Å². The number of ether oxygens (including phenoxy) is 3. The van der Waals surface area contributed by atoms with E-state index in [2.05, 4.69) is 43.1 Å². The van der Waals surface area contributed by atoms with Gasteiger partial charge in [0.15, 0.2) is 0 Å². The molecule has 0 saturated heterocycles. The molecule has 1 N–H and O–H groups in total. The minimum Gasteiger partial charge on any atom is -0.463 e. The van der Waals surface area contributed by atoms with Crippen LogP contribution >= 0.6 is 0 Å². The van der Waals surface area contributed by atoms with Crippen LogP contribution < -0.4 is 0 Å². The maximum absolute atomic E-state index is 10.6. The molecular formula is C20H34O7. The molecule has 0 radical (unpaired) electrons. The summed E-state index contributed by atoms with van der Waals surface area (Å²) in [6.07, 6.45) is 7.94. The fourth-order valence-electron chi connectivity index (χ4n) is 1.39.